The topological polar surface area (TPSA) is 47.4 Å². The molecule has 5 rings (SSSR count). The number of aryl methyl sites for hydroxylation is 1. The highest BCUT2D eigenvalue weighted by Gasteiger charge is 2.36. The van der Waals surface area contributed by atoms with Crippen LogP contribution < -0.4 is 9.64 Å². The zero-order valence-electron chi connectivity index (χ0n) is 18.5. The maximum absolute atomic E-state index is 13.1. The summed E-state index contributed by atoms with van der Waals surface area (Å²) < 4.78 is 8.06. The van der Waals surface area contributed by atoms with Crippen molar-refractivity contribution in [2.75, 3.05) is 18.1 Å². The van der Waals surface area contributed by atoms with Gasteiger partial charge in [-0.15, -0.1) is 0 Å². The van der Waals surface area contributed by atoms with E-state index in [0.29, 0.717) is 19.6 Å². The number of hydrogen-bond acceptors (Lipinski definition) is 3. The molecule has 0 bridgehead atoms. The minimum absolute atomic E-state index is 0.0226. The standard InChI is InChI=1S/C27H27N3O2/c1-3-32-25-14-7-6-13-24(25)29-18-21(16-26(29)31)27-28-22-11-4-5-12-23(22)30(27)17-20-10-8-9-19(2)15-20/h4-15,21H,3,16-18H2,1-2H3. The third-order valence-electron chi connectivity index (χ3n) is 6.05. The SMILES string of the molecule is CCOc1ccccc1N1CC(c2nc3ccccc3n2Cc2cccc(C)c2)CC1=O. The summed E-state index contributed by atoms with van der Waals surface area (Å²) >= 11 is 0. The van der Waals surface area contributed by atoms with Crippen LogP contribution in [-0.2, 0) is 11.3 Å². The number of nitrogens with zero attached hydrogens (tertiary/aromatic N) is 3. The number of carbonyl (C=O) groups is 1. The molecule has 0 aliphatic carbocycles. The first kappa shape index (κ1) is 20.3. The zero-order chi connectivity index (χ0) is 22.1. The Balaban J connectivity index is 1.52. The monoisotopic (exact) mass is 425 g/mol. The molecule has 4 aromatic rings. The van der Waals surface area contributed by atoms with Gasteiger partial charge in [0, 0.05) is 25.4 Å². The number of benzene rings is 3. The van der Waals surface area contributed by atoms with Crippen molar-refractivity contribution in [3.63, 3.8) is 0 Å². The summed E-state index contributed by atoms with van der Waals surface area (Å²) in [6, 6.07) is 24.6. The van der Waals surface area contributed by atoms with Gasteiger partial charge in [-0.2, -0.15) is 0 Å². The van der Waals surface area contributed by atoms with Crippen molar-refractivity contribution in [1.29, 1.82) is 0 Å². The maximum Gasteiger partial charge on any atom is 0.227 e. The summed E-state index contributed by atoms with van der Waals surface area (Å²) in [6.45, 7) is 5.96. The highest BCUT2D eigenvalue weighted by molar-refractivity contribution is 5.97. The first-order valence-corrected chi connectivity index (χ1v) is 11.2. The molecule has 1 amide bonds. The first-order chi connectivity index (χ1) is 15.6. The number of aromatic nitrogens is 2. The summed E-state index contributed by atoms with van der Waals surface area (Å²) in [4.78, 5) is 19.9. The zero-order valence-corrected chi connectivity index (χ0v) is 18.5. The molecule has 1 aromatic heterocycles. The molecule has 0 saturated carbocycles. The van der Waals surface area contributed by atoms with E-state index in [1.54, 1.807) is 0 Å². The van der Waals surface area contributed by atoms with Gasteiger partial charge in [0.25, 0.3) is 0 Å². The molecule has 1 atom stereocenters. The van der Waals surface area contributed by atoms with Crippen molar-refractivity contribution < 1.29 is 9.53 Å². The molecule has 5 heteroatoms. The van der Waals surface area contributed by atoms with Gasteiger partial charge < -0.3 is 14.2 Å². The Morgan fingerprint density at radius 2 is 1.84 bits per heavy atom. The first-order valence-electron chi connectivity index (χ1n) is 11.2. The van der Waals surface area contributed by atoms with Gasteiger partial charge in [-0.25, -0.2) is 4.98 Å². The predicted octanol–water partition coefficient (Wildman–Crippen LogP) is 5.31. The van der Waals surface area contributed by atoms with Gasteiger partial charge in [-0.1, -0.05) is 54.1 Å². The van der Waals surface area contributed by atoms with Gasteiger partial charge >= 0.3 is 0 Å². The van der Waals surface area contributed by atoms with Gasteiger partial charge in [-0.05, 0) is 43.7 Å². The Morgan fingerprint density at radius 3 is 2.69 bits per heavy atom. The fourth-order valence-corrected chi connectivity index (χ4v) is 4.64. The number of fused-ring (bicyclic) bond motifs is 1. The van der Waals surface area contributed by atoms with E-state index < -0.39 is 0 Å². The Bertz CT molecular complexity index is 1280. The van der Waals surface area contributed by atoms with Crippen LogP contribution in [0.2, 0.25) is 0 Å². The van der Waals surface area contributed by atoms with Gasteiger partial charge in [0.15, 0.2) is 0 Å². The van der Waals surface area contributed by atoms with Crippen LogP contribution in [0.15, 0.2) is 72.8 Å². The third-order valence-corrected chi connectivity index (χ3v) is 6.05. The molecular formula is C27H27N3O2. The minimum atomic E-state index is 0.0226. The average molecular weight is 426 g/mol. The highest BCUT2D eigenvalue weighted by atomic mass is 16.5. The smallest absolute Gasteiger partial charge is 0.227 e. The minimum Gasteiger partial charge on any atom is -0.492 e. The molecule has 0 radical (unpaired) electrons. The van der Waals surface area contributed by atoms with E-state index in [1.165, 1.54) is 11.1 Å². The lowest BCUT2D eigenvalue weighted by molar-refractivity contribution is -0.117. The van der Waals surface area contributed by atoms with E-state index in [4.69, 9.17) is 9.72 Å². The summed E-state index contributed by atoms with van der Waals surface area (Å²) in [6.07, 6.45) is 0.442. The molecule has 1 aliphatic heterocycles. The molecule has 0 N–H and O–H groups in total. The number of rotatable bonds is 6. The number of carbonyl (C=O) groups excluding carboxylic acids is 1. The summed E-state index contributed by atoms with van der Waals surface area (Å²) in [5, 5.41) is 0. The van der Waals surface area contributed by atoms with Gasteiger partial charge in [0.1, 0.15) is 11.6 Å². The van der Waals surface area contributed by atoms with E-state index >= 15 is 0 Å². The van der Waals surface area contributed by atoms with E-state index in [-0.39, 0.29) is 11.8 Å². The summed E-state index contributed by atoms with van der Waals surface area (Å²) in [7, 11) is 0. The number of ether oxygens (including phenoxy) is 1. The van der Waals surface area contributed by atoms with Crippen LogP contribution in [0.5, 0.6) is 5.75 Å². The van der Waals surface area contributed by atoms with Crippen molar-refractivity contribution in [3.05, 3.63) is 89.7 Å². The van der Waals surface area contributed by atoms with Crippen molar-refractivity contribution in [2.24, 2.45) is 0 Å². The second kappa shape index (κ2) is 8.50. The molecule has 5 nitrogen and oxygen atoms in total. The molecule has 1 saturated heterocycles. The van der Waals surface area contributed by atoms with Crippen LogP contribution in [-0.4, -0.2) is 28.6 Å². The quantitative estimate of drug-likeness (QED) is 0.420. The van der Waals surface area contributed by atoms with Crippen LogP contribution in [0.25, 0.3) is 11.0 Å². The number of amides is 1. The van der Waals surface area contributed by atoms with Crippen LogP contribution in [0.3, 0.4) is 0 Å². The Morgan fingerprint density at radius 1 is 1.03 bits per heavy atom. The van der Waals surface area contributed by atoms with Crippen LogP contribution in [0.1, 0.15) is 36.2 Å². The van der Waals surface area contributed by atoms with Crippen LogP contribution in [0.4, 0.5) is 5.69 Å². The third kappa shape index (κ3) is 3.75. The van der Waals surface area contributed by atoms with Gasteiger partial charge in [0.2, 0.25) is 5.91 Å². The average Bonchev–Trinajstić information content (AvgIpc) is 3.35. The molecular weight excluding hydrogens is 398 g/mol. The van der Waals surface area contributed by atoms with E-state index in [9.17, 15) is 4.79 Å². The Hall–Kier alpha value is -3.60. The second-order valence-corrected chi connectivity index (χ2v) is 8.34. The number of hydrogen-bond donors (Lipinski definition) is 0. The van der Waals surface area contributed by atoms with Crippen LogP contribution in [0, 0.1) is 6.92 Å². The van der Waals surface area contributed by atoms with Gasteiger partial charge in [0.05, 0.1) is 23.3 Å². The normalized spacial score (nSPS) is 16.1. The largest absolute Gasteiger partial charge is 0.492 e. The lowest BCUT2D eigenvalue weighted by Crippen LogP contribution is -2.25. The fourth-order valence-electron chi connectivity index (χ4n) is 4.64. The molecule has 1 fully saturated rings. The lowest BCUT2D eigenvalue weighted by atomic mass is 10.1. The fraction of sp³-hybridized carbons (Fsp3) is 0.259. The Kier molecular flexibility index (Phi) is 5.39. The van der Waals surface area contributed by atoms with Crippen molar-refractivity contribution in [3.8, 4) is 5.75 Å². The highest BCUT2D eigenvalue weighted by Crippen LogP contribution is 2.37. The molecule has 0 spiro atoms. The van der Waals surface area contributed by atoms with E-state index in [0.717, 1.165) is 34.8 Å². The second-order valence-electron chi connectivity index (χ2n) is 8.34. The van der Waals surface area contributed by atoms with E-state index in [1.807, 2.05) is 54.3 Å². The molecule has 3 aromatic carbocycles. The predicted molar refractivity (Wildman–Crippen MR) is 127 cm³/mol. The maximum atomic E-state index is 13.1. The molecule has 1 aliphatic rings. The molecule has 1 unspecified atom stereocenters. The van der Waals surface area contributed by atoms with Crippen molar-refractivity contribution >= 4 is 22.6 Å². The summed E-state index contributed by atoms with van der Waals surface area (Å²) in [5.74, 6) is 1.85. The molecule has 2 heterocycles. The van der Waals surface area contributed by atoms with E-state index in [2.05, 4.69) is 41.8 Å². The molecule has 32 heavy (non-hydrogen) atoms. The lowest BCUT2D eigenvalue weighted by Gasteiger charge is -2.20. The van der Waals surface area contributed by atoms with Crippen molar-refractivity contribution in [1.82, 2.24) is 9.55 Å². The van der Waals surface area contributed by atoms with Gasteiger partial charge in [-0.3, -0.25) is 4.79 Å². The number of imidazole rings is 1. The number of para-hydroxylation sites is 4. The number of anilines is 1. The van der Waals surface area contributed by atoms with Crippen molar-refractivity contribution in [2.45, 2.75) is 32.7 Å². The Labute approximate surface area is 188 Å². The summed E-state index contributed by atoms with van der Waals surface area (Å²) in [5.41, 5.74) is 5.38. The van der Waals surface area contributed by atoms with Crippen LogP contribution >= 0.6 is 0 Å². The molecule has 162 valence electrons.